The Balaban J connectivity index is 3.45. The fourth-order valence-corrected chi connectivity index (χ4v) is 1.62. The van der Waals surface area contributed by atoms with Crippen LogP contribution in [0.1, 0.15) is 40.9 Å². The normalized spacial score (nSPS) is 11.5. The van der Waals surface area contributed by atoms with Crippen LogP contribution in [-0.4, -0.2) is 16.2 Å². The van der Waals surface area contributed by atoms with E-state index in [9.17, 15) is 9.90 Å². The molecule has 0 atom stereocenters. The molecule has 0 spiro atoms. The van der Waals surface area contributed by atoms with E-state index in [4.69, 9.17) is 5.11 Å². The fourth-order valence-electron chi connectivity index (χ4n) is 1.62. The van der Waals surface area contributed by atoms with E-state index in [0.717, 1.165) is 11.1 Å². The maximum absolute atomic E-state index is 10.9. The van der Waals surface area contributed by atoms with Crippen LogP contribution in [0.3, 0.4) is 0 Å². The SMILES string of the molecule is Cc1cc(C(=O)O)cc(C(C)(C)O)c1C. The minimum absolute atomic E-state index is 0.218. The first-order valence-corrected chi connectivity index (χ1v) is 4.81. The van der Waals surface area contributed by atoms with Crippen molar-refractivity contribution < 1.29 is 15.0 Å². The highest BCUT2D eigenvalue weighted by Crippen LogP contribution is 2.26. The first-order valence-electron chi connectivity index (χ1n) is 4.81. The van der Waals surface area contributed by atoms with Gasteiger partial charge in [0.25, 0.3) is 0 Å². The molecule has 1 aromatic carbocycles. The van der Waals surface area contributed by atoms with Gasteiger partial charge >= 0.3 is 5.97 Å². The highest BCUT2D eigenvalue weighted by molar-refractivity contribution is 5.88. The molecule has 1 aromatic rings. The Morgan fingerprint density at radius 1 is 1.27 bits per heavy atom. The zero-order valence-electron chi connectivity index (χ0n) is 9.46. The molecule has 82 valence electrons. The predicted octanol–water partition coefficient (Wildman–Crippen LogP) is 2.23. The molecule has 1 rings (SSSR count). The van der Waals surface area contributed by atoms with Crippen molar-refractivity contribution in [1.82, 2.24) is 0 Å². The molecule has 0 aliphatic carbocycles. The number of aromatic carboxylic acids is 1. The second kappa shape index (κ2) is 3.66. The summed E-state index contributed by atoms with van der Waals surface area (Å²) in [5, 5.41) is 18.8. The lowest BCUT2D eigenvalue weighted by Crippen LogP contribution is -2.18. The van der Waals surface area contributed by atoms with Gasteiger partial charge in [0.2, 0.25) is 0 Å². The van der Waals surface area contributed by atoms with Gasteiger partial charge in [-0.15, -0.1) is 0 Å². The third-order valence-corrected chi connectivity index (χ3v) is 2.57. The summed E-state index contributed by atoms with van der Waals surface area (Å²) in [6.45, 7) is 7.03. The molecular weight excluding hydrogens is 192 g/mol. The Bertz CT molecular complexity index is 400. The number of hydrogen-bond acceptors (Lipinski definition) is 2. The fraction of sp³-hybridized carbons (Fsp3) is 0.417. The zero-order chi connectivity index (χ0) is 11.8. The quantitative estimate of drug-likeness (QED) is 0.783. The Labute approximate surface area is 89.4 Å². The molecule has 2 N–H and O–H groups in total. The van der Waals surface area contributed by atoms with Crippen LogP contribution in [0.2, 0.25) is 0 Å². The van der Waals surface area contributed by atoms with E-state index in [0.29, 0.717) is 5.56 Å². The minimum Gasteiger partial charge on any atom is -0.478 e. The smallest absolute Gasteiger partial charge is 0.335 e. The number of aryl methyl sites for hydroxylation is 1. The molecule has 0 unspecified atom stereocenters. The molecule has 0 aromatic heterocycles. The molecule has 0 bridgehead atoms. The summed E-state index contributed by atoms with van der Waals surface area (Å²) in [7, 11) is 0. The Hall–Kier alpha value is -1.35. The summed E-state index contributed by atoms with van der Waals surface area (Å²) in [4.78, 5) is 10.9. The summed E-state index contributed by atoms with van der Waals surface area (Å²) in [5.74, 6) is -0.969. The van der Waals surface area contributed by atoms with Gasteiger partial charge in [-0.1, -0.05) is 0 Å². The molecule has 0 heterocycles. The Morgan fingerprint density at radius 3 is 2.20 bits per heavy atom. The van der Waals surface area contributed by atoms with E-state index in [-0.39, 0.29) is 5.56 Å². The highest BCUT2D eigenvalue weighted by Gasteiger charge is 2.21. The van der Waals surface area contributed by atoms with Crippen LogP contribution < -0.4 is 0 Å². The van der Waals surface area contributed by atoms with Gasteiger partial charge in [0.15, 0.2) is 0 Å². The molecule has 0 aliphatic rings. The molecule has 0 saturated carbocycles. The zero-order valence-corrected chi connectivity index (χ0v) is 9.46. The monoisotopic (exact) mass is 208 g/mol. The van der Waals surface area contributed by atoms with Gasteiger partial charge in [-0.05, 0) is 56.5 Å². The molecule has 0 amide bonds. The number of rotatable bonds is 2. The van der Waals surface area contributed by atoms with Crippen LogP contribution in [0, 0.1) is 13.8 Å². The lowest BCUT2D eigenvalue weighted by atomic mass is 9.89. The molecule has 0 fully saturated rings. The second-order valence-electron chi connectivity index (χ2n) is 4.33. The van der Waals surface area contributed by atoms with E-state index in [2.05, 4.69) is 0 Å². The summed E-state index contributed by atoms with van der Waals surface area (Å²) in [6.07, 6.45) is 0. The van der Waals surface area contributed by atoms with E-state index < -0.39 is 11.6 Å². The largest absolute Gasteiger partial charge is 0.478 e. The maximum atomic E-state index is 10.9. The second-order valence-corrected chi connectivity index (χ2v) is 4.33. The Morgan fingerprint density at radius 2 is 1.80 bits per heavy atom. The summed E-state index contributed by atoms with van der Waals surface area (Å²) in [6, 6.07) is 3.15. The van der Waals surface area contributed by atoms with Crippen molar-refractivity contribution in [3.63, 3.8) is 0 Å². The van der Waals surface area contributed by atoms with Crippen molar-refractivity contribution in [2.24, 2.45) is 0 Å². The number of carbonyl (C=O) groups is 1. The predicted molar refractivity (Wildman–Crippen MR) is 58.1 cm³/mol. The van der Waals surface area contributed by atoms with Crippen LogP contribution in [0.5, 0.6) is 0 Å². The number of carboxylic acids is 1. The van der Waals surface area contributed by atoms with Gasteiger partial charge in [0.1, 0.15) is 0 Å². The third kappa shape index (κ3) is 2.36. The first-order chi connectivity index (χ1) is 6.73. The molecule has 0 aliphatic heterocycles. The van der Waals surface area contributed by atoms with E-state index in [1.54, 1.807) is 19.9 Å². The average molecular weight is 208 g/mol. The van der Waals surface area contributed by atoms with Crippen molar-refractivity contribution in [2.45, 2.75) is 33.3 Å². The molecule has 3 nitrogen and oxygen atoms in total. The van der Waals surface area contributed by atoms with E-state index in [1.807, 2.05) is 13.8 Å². The van der Waals surface area contributed by atoms with Crippen LogP contribution >= 0.6 is 0 Å². The lowest BCUT2D eigenvalue weighted by molar-refractivity contribution is 0.0692. The summed E-state index contributed by atoms with van der Waals surface area (Å²) >= 11 is 0. The van der Waals surface area contributed by atoms with Crippen LogP contribution in [0.25, 0.3) is 0 Å². The lowest BCUT2D eigenvalue weighted by Gasteiger charge is -2.22. The van der Waals surface area contributed by atoms with E-state index in [1.165, 1.54) is 6.07 Å². The van der Waals surface area contributed by atoms with Crippen molar-refractivity contribution in [3.8, 4) is 0 Å². The summed E-state index contributed by atoms with van der Waals surface area (Å²) < 4.78 is 0. The number of benzene rings is 1. The molecule has 15 heavy (non-hydrogen) atoms. The highest BCUT2D eigenvalue weighted by atomic mass is 16.4. The van der Waals surface area contributed by atoms with Crippen LogP contribution in [0.4, 0.5) is 0 Å². The average Bonchev–Trinajstić information content (AvgIpc) is 2.06. The van der Waals surface area contributed by atoms with Crippen molar-refractivity contribution in [1.29, 1.82) is 0 Å². The van der Waals surface area contributed by atoms with Gasteiger partial charge in [-0.2, -0.15) is 0 Å². The first kappa shape index (κ1) is 11.7. The topological polar surface area (TPSA) is 57.5 Å². The van der Waals surface area contributed by atoms with Crippen molar-refractivity contribution in [3.05, 3.63) is 34.4 Å². The summed E-state index contributed by atoms with van der Waals surface area (Å²) in [5.41, 5.74) is 1.69. The van der Waals surface area contributed by atoms with Crippen molar-refractivity contribution in [2.75, 3.05) is 0 Å². The van der Waals surface area contributed by atoms with Gasteiger partial charge in [0.05, 0.1) is 11.2 Å². The number of hydrogen-bond donors (Lipinski definition) is 2. The molecule has 0 saturated heterocycles. The number of carboxylic acid groups (broad SMARTS) is 1. The van der Waals surface area contributed by atoms with E-state index >= 15 is 0 Å². The van der Waals surface area contributed by atoms with Crippen LogP contribution in [0.15, 0.2) is 12.1 Å². The van der Waals surface area contributed by atoms with Crippen LogP contribution in [-0.2, 0) is 5.60 Å². The molecular formula is C12H16O3. The molecule has 3 heteroatoms. The molecule has 0 radical (unpaired) electrons. The van der Waals surface area contributed by atoms with Crippen molar-refractivity contribution >= 4 is 5.97 Å². The Kier molecular flexibility index (Phi) is 2.86. The van der Waals surface area contributed by atoms with Gasteiger partial charge in [0, 0.05) is 0 Å². The van der Waals surface area contributed by atoms with Gasteiger partial charge in [-0.25, -0.2) is 4.79 Å². The van der Waals surface area contributed by atoms with Gasteiger partial charge in [-0.3, -0.25) is 0 Å². The van der Waals surface area contributed by atoms with Gasteiger partial charge < -0.3 is 10.2 Å². The standard InChI is InChI=1S/C12H16O3/c1-7-5-9(11(13)14)6-10(8(7)2)12(3,4)15/h5-6,15H,1-4H3,(H,13,14). The number of aliphatic hydroxyl groups is 1. The third-order valence-electron chi connectivity index (χ3n) is 2.57. The maximum Gasteiger partial charge on any atom is 0.335 e. The minimum atomic E-state index is -1.01.